The maximum atomic E-state index is 12.9. The highest BCUT2D eigenvalue weighted by atomic mass is 16.5. The van der Waals surface area contributed by atoms with Gasteiger partial charge in [-0.05, 0) is 59.2 Å². The number of amides is 2. The zero-order valence-electron chi connectivity index (χ0n) is 19.1. The molecule has 7 heteroatoms. The molecule has 0 saturated carbocycles. The second kappa shape index (κ2) is 11.3. The summed E-state index contributed by atoms with van der Waals surface area (Å²) in [6.45, 7) is 2.04. The van der Waals surface area contributed by atoms with Gasteiger partial charge in [-0.2, -0.15) is 0 Å². The number of ether oxygens (including phenoxy) is 3. The number of carbonyl (C=O) groups is 2. The van der Waals surface area contributed by atoms with Gasteiger partial charge in [0.25, 0.3) is 11.8 Å². The predicted octanol–water partition coefficient (Wildman–Crippen LogP) is 3.35. The second-order valence-electron chi connectivity index (χ2n) is 7.95. The number of methoxy groups -OCH3 is 1. The lowest BCUT2D eigenvalue weighted by Gasteiger charge is -2.15. The van der Waals surface area contributed by atoms with Crippen LogP contribution in [0.1, 0.15) is 37.4 Å². The number of hydrogen-bond acceptors (Lipinski definition) is 5. The number of benzene rings is 3. The van der Waals surface area contributed by atoms with Crippen LogP contribution in [0.15, 0.2) is 66.7 Å². The Hall–Kier alpha value is -3.84. The molecule has 0 aliphatic carbocycles. The molecule has 3 aromatic rings. The topological polar surface area (TPSA) is 85.9 Å². The Labute approximate surface area is 199 Å². The van der Waals surface area contributed by atoms with E-state index in [0.29, 0.717) is 56.2 Å². The highest BCUT2D eigenvalue weighted by Crippen LogP contribution is 2.24. The van der Waals surface area contributed by atoms with Gasteiger partial charge in [-0.15, -0.1) is 0 Å². The summed E-state index contributed by atoms with van der Waals surface area (Å²) in [6.07, 6.45) is 0.525. The first-order valence-electron chi connectivity index (χ1n) is 11.2. The Morgan fingerprint density at radius 1 is 1.03 bits per heavy atom. The third-order valence-corrected chi connectivity index (χ3v) is 5.54. The van der Waals surface area contributed by atoms with E-state index in [2.05, 4.69) is 10.6 Å². The van der Waals surface area contributed by atoms with Gasteiger partial charge in [0.2, 0.25) is 0 Å². The van der Waals surface area contributed by atoms with Crippen LogP contribution in [0.5, 0.6) is 11.5 Å². The highest BCUT2D eigenvalue weighted by Gasteiger charge is 2.14. The summed E-state index contributed by atoms with van der Waals surface area (Å²) in [5.74, 6) is 1.16. The predicted molar refractivity (Wildman–Crippen MR) is 129 cm³/mol. The minimum Gasteiger partial charge on any atom is -0.497 e. The van der Waals surface area contributed by atoms with Crippen LogP contribution in [0.25, 0.3) is 0 Å². The van der Waals surface area contributed by atoms with Crippen molar-refractivity contribution in [2.75, 3.05) is 33.5 Å². The number of nitrogens with one attached hydrogen (secondary N) is 2. The number of rotatable bonds is 4. The molecule has 1 aliphatic heterocycles. The molecular weight excluding hydrogens is 432 g/mol. The number of fused-ring (bicyclic) bond motifs is 3. The Bertz CT molecular complexity index is 1140. The van der Waals surface area contributed by atoms with Crippen molar-refractivity contribution in [3.63, 3.8) is 0 Å². The number of hydrogen-bond donors (Lipinski definition) is 2. The van der Waals surface area contributed by atoms with E-state index < -0.39 is 0 Å². The molecule has 2 bridgehead atoms. The first-order valence-corrected chi connectivity index (χ1v) is 11.2. The van der Waals surface area contributed by atoms with Crippen molar-refractivity contribution in [3.05, 3.63) is 94.5 Å². The average molecular weight is 461 g/mol. The smallest absolute Gasteiger partial charge is 0.251 e. The Morgan fingerprint density at radius 2 is 1.88 bits per heavy atom. The van der Waals surface area contributed by atoms with Crippen LogP contribution in [0.4, 0.5) is 0 Å². The molecule has 0 saturated heterocycles. The zero-order chi connectivity index (χ0) is 23.8. The summed E-state index contributed by atoms with van der Waals surface area (Å²) in [5.41, 5.74) is 3.94. The lowest BCUT2D eigenvalue weighted by molar-refractivity contribution is 0.0865. The van der Waals surface area contributed by atoms with Crippen LogP contribution in [-0.4, -0.2) is 45.3 Å². The van der Waals surface area contributed by atoms with Gasteiger partial charge >= 0.3 is 0 Å². The fourth-order valence-corrected chi connectivity index (χ4v) is 3.72. The van der Waals surface area contributed by atoms with Crippen LogP contribution in [0.3, 0.4) is 0 Å². The van der Waals surface area contributed by atoms with Gasteiger partial charge in [0.15, 0.2) is 0 Å². The molecule has 0 aromatic heterocycles. The number of carbonyl (C=O) groups excluding carboxylic acids is 2. The van der Waals surface area contributed by atoms with Crippen molar-refractivity contribution < 1.29 is 23.8 Å². The molecule has 1 aliphatic rings. The Balaban J connectivity index is 1.53. The third-order valence-electron chi connectivity index (χ3n) is 5.54. The van der Waals surface area contributed by atoms with E-state index in [1.165, 1.54) is 0 Å². The molecule has 2 N–H and O–H groups in total. The van der Waals surface area contributed by atoms with Crippen molar-refractivity contribution in [2.24, 2.45) is 0 Å². The molecule has 0 atom stereocenters. The SMILES string of the molecule is COc1ccc(CNC(=O)c2ccc3c(c2)Cc2cccc(c2)C(=O)NCCOCCO3)cc1. The summed E-state index contributed by atoms with van der Waals surface area (Å²) in [5, 5.41) is 5.82. The second-order valence-corrected chi connectivity index (χ2v) is 7.95. The van der Waals surface area contributed by atoms with Crippen molar-refractivity contribution in [1.29, 1.82) is 0 Å². The standard InChI is InChI=1S/C27H28N2O5/c1-32-24-8-5-19(6-9-24)18-29-27(31)22-7-10-25-23(17-22)16-20-3-2-4-21(15-20)26(30)28-11-12-33-13-14-34-25/h2-10,15,17H,11-14,16,18H2,1H3,(H,28,30)(H,29,31). The van der Waals surface area contributed by atoms with E-state index in [1.54, 1.807) is 19.2 Å². The molecule has 0 fully saturated rings. The van der Waals surface area contributed by atoms with Crippen LogP contribution in [0, 0.1) is 0 Å². The molecule has 0 unspecified atom stereocenters. The van der Waals surface area contributed by atoms with Gasteiger partial charge in [-0.3, -0.25) is 9.59 Å². The van der Waals surface area contributed by atoms with Crippen molar-refractivity contribution in [3.8, 4) is 11.5 Å². The fourth-order valence-electron chi connectivity index (χ4n) is 3.72. The third kappa shape index (κ3) is 6.14. The molecule has 3 aromatic carbocycles. The van der Waals surface area contributed by atoms with Gasteiger partial charge in [-0.1, -0.05) is 24.3 Å². The molecule has 0 radical (unpaired) electrons. The monoisotopic (exact) mass is 460 g/mol. The minimum atomic E-state index is -0.172. The van der Waals surface area contributed by atoms with E-state index in [0.717, 1.165) is 22.4 Å². The summed E-state index contributed by atoms with van der Waals surface area (Å²) < 4.78 is 16.7. The summed E-state index contributed by atoms with van der Waals surface area (Å²) in [4.78, 5) is 25.3. The van der Waals surface area contributed by atoms with Crippen LogP contribution in [0.2, 0.25) is 0 Å². The zero-order valence-corrected chi connectivity index (χ0v) is 19.1. The van der Waals surface area contributed by atoms with Crippen molar-refractivity contribution in [2.45, 2.75) is 13.0 Å². The first kappa shape index (κ1) is 23.3. The van der Waals surface area contributed by atoms with E-state index >= 15 is 0 Å². The molecule has 1 heterocycles. The molecule has 0 spiro atoms. The Morgan fingerprint density at radius 3 is 2.71 bits per heavy atom. The molecule has 34 heavy (non-hydrogen) atoms. The van der Waals surface area contributed by atoms with E-state index in [-0.39, 0.29) is 11.8 Å². The van der Waals surface area contributed by atoms with E-state index in [1.807, 2.05) is 54.6 Å². The average Bonchev–Trinajstić information content (AvgIpc) is 2.87. The fraction of sp³-hybridized carbons (Fsp3) is 0.259. The van der Waals surface area contributed by atoms with Gasteiger partial charge in [0.05, 0.1) is 20.3 Å². The lowest BCUT2D eigenvalue weighted by atomic mass is 9.99. The van der Waals surface area contributed by atoms with Gasteiger partial charge in [0, 0.05) is 30.6 Å². The summed E-state index contributed by atoms with van der Waals surface area (Å²) >= 11 is 0. The van der Waals surface area contributed by atoms with Gasteiger partial charge in [-0.25, -0.2) is 0 Å². The van der Waals surface area contributed by atoms with Gasteiger partial charge < -0.3 is 24.8 Å². The summed E-state index contributed by atoms with van der Waals surface area (Å²) in [6, 6.07) is 20.5. The largest absolute Gasteiger partial charge is 0.497 e. The van der Waals surface area contributed by atoms with Crippen LogP contribution in [-0.2, 0) is 17.7 Å². The molecular formula is C27H28N2O5. The highest BCUT2D eigenvalue weighted by molar-refractivity contribution is 5.95. The van der Waals surface area contributed by atoms with Crippen LogP contribution >= 0.6 is 0 Å². The maximum absolute atomic E-state index is 12.9. The molecule has 4 rings (SSSR count). The first-order chi connectivity index (χ1) is 16.6. The lowest BCUT2D eigenvalue weighted by Crippen LogP contribution is -2.28. The van der Waals surface area contributed by atoms with Crippen molar-refractivity contribution in [1.82, 2.24) is 10.6 Å². The van der Waals surface area contributed by atoms with E-state index in [4.69, 9.17) is 14.2 Å². The minimum absolute atomic E-state index is 0.134. The van der Waals surface area contributed by atoms with Gasteiger partial charge in [0.1, 0.15) is 18.1 Å². The summed E-state index contributed by atoms with van der Waals surface area (Å²) in [7, 11) is 1.62. The molecule has 2 amide bonds. The molecule has 7 nitrogen and oxygen atoms in total. The molecule has 176 valence electrons. The Kier molecular flexibility index (Phi) is 7.78. The normalized spacial score (nSPS) is 14.1. The van der Waals surface area contributed by atoms with Crippen molar-refractivity contribution >= 4 is 11.8 Å². The van der Waals surface area contributed by atoms with Crippen LogP contribution < -0.4 is 20.1 Å². The maximum Gasteiger partial charge on any atom is 0.251 e. The van der Waals surface area contributed by atoms with E-state index in [9.17, 15) is 9.59 Å². The quantitative estimate of drug-likeness (QED) is 0.624.